The van der Waals surface area contributed by atoms with Crippen molar-refractivity contribution in [1.82, 2.24) is 0 Å². The van der Waals surface area contributed by atoms with Crippen molar-refractivity contribution in [2.24, 2.45) is 0 Å². The van der Waals surface area contributed by atoms with E-state index in [1.165, 1.54) is 19.2 Å². The smallest absolute Gasteiger partial charge is 0.337 e. The van der Waals surface area contributed by atoms with E-state index >= 15 is 0 Å². The lowest BCUT2D eigenvalue weighted by Crippen LogP contribution is -2.02. The van der Waals surface area contributed by atoms with Crippen LogP contribution in [0.3, 0.4) is 0 Å². The Morgan fingerprint density at radius 3 is 2.65 bits per heavy atom. The predicted octanol–water partition coefficient (Wildman–Crippen LogP) is 3.46. The molecule has 100 valence electrons. The summed E-state index contributed by atoms with van der Waals surface area (Å²) in [5, 5.41) is 9.09. The SMILES string of the molecule is COC(=O)c1ccc(-c2c(F)cccc2C#N)c(C)c1. The molecule has 0 aliphatic heterocycles. The lowest BCUT2D eigenvalue weighted by atomic mass is 9.94. The van der Waals surface area contributed by atoms with E-state index in [2.05, 4.69) is 4.74 Å². The molecule has 0 saturated carbocycles. The van der Waals surface area contributed by atoms with Crippen LogP contribution in [-0.2, 0) is 4.74 Å². The van der Waals surface area contributed by atoms with Gasteiger partial charge in [-0.2, -0.15) is 5.26 Å². The minimum Gasteiger partial charge on any atom is -0.465 e. The summed E-state index contributed by atoms with van der Waals surface area (Å²) < 4.78 is 18.6. The average Bonchev–Trinajstić information content (AvgIpc) is 2.46. The van der Waals surface area contributed by atoms with Crippen LogP contribution >= 0.6 is 0 Å². The van der Waals surface area contributed by atoms with Gasteiger partial charge in [-0.05, 0) is 42.3 Å². The summed E-state index contributed by atoms with van der Waals surface area (Å²) in [5.74, 6) is -0.911. The van der Waals surface area contributed by atoms with E-state index in [1.54, 1.807) is 31.2 Å². The minimum atomic E-state index is -0.460. The van der Waals surface area contributed by atoms with Gasteiger partial charge in [-0.15, -0.1) is 0 Å². The highest BCUT2D eigenvalue weighted by atomic mass is 19.1. The number of ether oxygens (including phenoxy) is 1. The van der Waals surface area contributed by atoms with Gasteiger partial charge in [0.25, 0.3) is 0 Å². The van der Waals surface area contributed by atoms with E-state index in [4.69, 9.17) is 5.26 Å². The molecule has 0 N–H and O–H groups in total. The normalized spacial score (nSPS) is 9.90. The molecule has 3 nitrogen and oxygen atoms in total. The second-order valence-electron chi connectivity index (χ2n) is 4.30. The van der Waals surface area contributed by atoms with Gasteiger partial charge < -0.3 is 4.74 Å². The summed E-state index contributed by atoms with van der Waals surface area (Å²) in [7, 11) is 1.30. The molecule has 0 atom stereocenters. The molecule has 0 fully saturated rings. The number of carbonyl (C=O) groups excluding carboxylic acids is 1. The van der Waals surface area contributed by atoms with Crippen LogP contribution in [-0.4, -0.2) is 13.1 Å². The molecule has 2 rings (SSSR count). The van der Waals surface area contributed by atoms with Crippen molar-refractivity contribution in [3.63, 3.8) is 0 Å². The van der Waals surface area contributed by atoms with E-state index in [-0.39, 0.29) is 11.1 Å². The topological polar surface area (TPSA) is 50.1 Å². The van der Waals surface area contributed by atoms with E-state index in [9.17, 15) is 9.18 Å². The lowest BCUT2D eigenvalue weighted by Gasteiger charge is -2.10. The molecule has 20 heavy (non-hydrogen) atoms. The van der Waals surface area contributed by atoms with Crippen LogP contribution in [0.4, 0.5) is 4.39 Å². The van der Waals surface area contributed by atoms with Crippen LogP contribution in [0.5, 0.6) is 0 Å². The fraction of sp³-hybridized carbons (Fsp3) is 0.125. The fourth-order valence-electron chi connectivity index (χ4n) is 2.08. The standard InChI is InChI=1S/C16H12FNO2/c1-10-8-11(16(19)20-2)6-7-13(10)15-12(9-18)4-3-5-14(15)17/h3-8H,1-2H3. The molecule has 2 aromatic rings. The van der Waals surface area contributed by atoms with E-state index in [0.29, 0.717) is 16.7 Å². The van der Waals surface area contributed by atoms with Crippen molar-refractivity contribution in [2.45, 2.75) is 6.92 Å². The predicted molar refractivity (Wildman–Crippen MR) is 72.6 cm³/mol. The number of rotatable bonds is 2. The van der Waals surface area contributed by atoms with Crippen LogP contribution in [0.15, 0.2) is 36.4 Å². The summed E-state index contributed by atoms with van der Waals surface area (Å²) in [5.41, 5.74) is 2.20. The zero-order chi connectivity index (χ0) is 14.7. The summed E-state index contributed by atoms with van der Waals surface area (Å²) >= 11 is 0. The molecule has 0 aliphatic rings. The van der Waals surface area contributed by atoms with Gasteiger partial charge in [0, 0.05) is 5.56 Å². The maximum absolute atomic E-state index is 14.0. The number of hydrogen-bond acceptors (Lipinski definition) is 3. The number of methoxy groups -OCH3 is 1. The lowest BCUT2D eigenvalue weighted by molar-refractivity contribution is 0.0600. The molecule has 0 aliphatic carbocycles. The monoisotopic (exact) mass is 269 g/mol. The first kappa shape index (κ1) is 13.8. The molecule has 0 aromatic heterocycles. The molecule has 0 saturated heterocycles. The number of halogens is 1. The van der Waals surface area contributed by atoms with Crippen LogP contribution in [0.25, 0.3) is 11.1 Å². The first-order valence-corrected chi connectivity index (χ1v) is 5.96. The molecule has 0 spiro atoms. The highest BCUT2D eigenvalue weighted by Crippen LogP contribution is 2.30. The van der Waals surface area contributed by atoms with E-state index in [1.807, 2.05) is 6.07 Å². The van der Waals surface area contributed by atoms with Crippen molar-refractivity contribution in [3.05, 3.63) is 58.9 Å². The van der Waals surface area contributed by atoms with Crippen molar-refractivity contribution in [2.75, 3.05) is 7.11 Å². The van der Waals surface area contributed by atoms with Crippen LogP contribution in [0, 0.1) is 24.1 Å². The molecular weight excluding hydrogens is 257 g/mol. The number of esters is 1. The molecule has 4 heteroatoms. The first-order valence-electron chi connectivity index (χ1n) is 5.96. The molecular formula is C16H12FNO2. The molecule has 0 unspecified atom stereocenters. The summed E-state index contributed by atoms with van der Waals surface area (Å²) in [6.07, 6.45) is 0. The number of aryl methyl sites for hydroxylation is 1. The van der Waals surface area contributed by atoms with Gasteiger partial charge in [0.15, 0.2) is 0 Å². The van der Waals surface area contributed by atoms with Crippen molar-refractivity contribution in [3.8, 4) is 17.2 Å². The Morgan fingerprint density at radius 2 is 2.05 bits per heavy atom. The second kappa shape index (κ2) is 5.54. The molecule has 2 aromatic carbocycles. The molecule has 0 heterocycles. The van der Waals surface area contributed by atoms with Gasteiger partial charge in [-0.1, -0.05) is 12.1 Å². The van der Waals surface area contributed by atoms with Gasteiger partial charge in [0.2, 0.25) is 0 Å². The van der Waals surface area contributed by atoms with E-state index in [0.717, 1.165) is 0 Å². The van der Waals surface area contributed by atoms with Gasteiger partial charge >= 0.3 is 5.97 Å². The quantitative estimate of drug-likeness (QED) is 0.784. The van der Waals surface area contributed by atoms with E-state index < -0.39 is 11.8 Å². The Balaban J connectivity index is 2.61. The number of benzene rings is 2. The van der Waals surface area contributed by atoms with Crippen LogP contribution < -0.4 is 0 Å². The Kier molecular flexibility index (Phi) is 3.81. The highest BCUT2D eigenvalue weighted by Gasteiger charge is 2.14. The minimum absolute atomic E-state index is 0.254. The third kappa shape index (κ3) is 2.39. The first-order chi connectivity index (χ1) is 9.58. The molecule has 0 amide bonds. The maximum atomic E-state index is 14.0. The largest absolute Gasteiger partial charge is 0.465 e. The van der Waals surface area contributed by atoms with Crippen LogP contribution in [0.2, 0.25) is 0 Å². The third-order valence-corrected chi connectivity index (χ3v) is 3.05. The Hall–Kier alpha value is -2.67. The second-order valence-corrected chi connectivity index (χ2v) is 4.30. The fourth-order valence-corrected chi connectivity index (χ4v) is 2.08. The van der Waals surface area contributed by atoms with Crippen molar-refractivity contribution in [1.29, 1.82) is 5.26 Å². The van der Waals surface area contributed by atoms with Crippen molar-refractivity contribution >= 4 is 5.97 Å². The zero-order valence-corrected chi connectivity index (χ0v) is 11.1. The van der Waals surface area contributed by atoms with Gasteiger partial charge in [-0.3, -0.25) is 0 Å². The zero-order valence-electron chi connectivity index (χ0n) is 11.1. The summed E-state index contributed by atoms with van der Waals surface area (Å²) in [4.78, 5) is 11.5. The number of nitrogens with zero attached hydrogens (tertiary/aromatic N) is 1. The highest BCUT2D eigenvalue weighted by molar-refractivity contribution is 5.90. The van der Waals surface area contributed by atoms with Gasteiger partial charge in [0.1, 0.15) is 5.82 Å². The summed E-state index contributed by atoms with van der Waals surface area (Å²) in [6, 6.07) is 11.1. The van der Waals surface area contributed by atoms with Crippen LogP contribution in [0.1, 0.15) is 21.5 Å². The number of hydrogen-bond donors (Lipinski definition) is 0. The Labute approximate surface area is 116 Å². The van der Waals surface area contributed by atoms with Crippen molar-refractivity contribution < 1.29 is 13.9 Å². The van der Waals surface area contributed by atoms with Gasteiger partial charge in [0.05, 0.1) is 24.3 Å². The number of carbonyl (C=O) groups is 1. The Morgan fingerprint density at radius 1 is 1.30 bits per heavy atom. The average molecular weight is 269 g/mol. The molecule has 0 radical (unpaired) electrons. The number of nitriles is 1. The maximum Gasteiger partial charge on any atom is 0.337 e. The summed E-state index contributed by atoms with van der Waals surface area (Å²) in [6.45, 7) is 1.76. The van der Waals surface area contributed by atoms with Gasteiger partial charge in [-0.25, -0.2) is 9.18 Å². The Bertz CT molecular complexity index is 717. The third-order valence-electron chi connectivity index (χ3n) is 3.05. The molecule has 0 bridgehead atoms.